The van der Waals surface area contributed by atoms with Crippen LogP contribution < -0.4 is 5.32 Å². The molecule has 0 aliphatic rings. The normalized spacial score (nSPS) is 10.5. The highest BCUT2D eigenvalue weighted by molar-refractivity contribution is 6.35. The summed E-state index contributed by atoms with van der Waals surface area (Å²) in [5.41, 5.74) is 2.12. The first kappa shape index (κ1) is 12.4. The van der Waals surface area contributed by atoms with Gasteiger partial charge in [-0.1, -0.05) is 29.3 Å². The van der Waals surface area contributed by atoms with Gasteiger partial charge < -0.3 is 5.32 Å². The fraction of sp³-hybridized carbons (Fsp3) is 0.154. The number of aromatic nitrogens is 1. The van der Waals surface area contributed by atoms with E-state index < -0.39 is 0 Å². The zero-order valence-corrected chi connectivity index (χ0v) is 10.7. The summed E-state index contributed by atoms with van der Waals surface area (Å²) in [6.07, 6.45) is 3.55. The molecule has 1 aromatic carbocycles. The van der Waals surface area contributed by atoms with Gasteiger partial charge in [-0.15, -0.1) is 0 Å². The molecule has 0 fully saturated rings. The standard InChI is InChI=1S/C13H12Cl2N2/c14-12-2-1-3-13(15)11(12)9-17-8-10-4-6-16-7-5-10/h1-7,17H,8-9H2. The number of nitrogens with one attached hydrogen (secondary N) is 1. The summed E-state index contributed by atoms with van der Waals surface area (Å²) in [5, 5.41) is 4.69. The lowest BCUT2D eigenvalue weighted by atomic mass is 10.2. The van der Waals surface area contributed by atoms with Crippen molar-refractivity contribution in [2.24, 2.45) is 0 Å². The van der Waals surface area contributed by atoms with Crippen molar-refractivity contribution in [3.63, 3.8) is 0 Å². The predicted octanol–water partition coefficient (Wildman–Crippen LogP) is 3.68. The summed E-state index contributed by atoms with van der Waals surface area (Å²) >= 11 is 12.2. The Hall–Kier alpha value is -1.09. The van der Waals surface area contributed by atoms with Gasteiger partial charge in [0.15, 0.2) is 0 Å². The van der Waals surface area contributed by atoms with Crippen molar-refractivity contribution in [2.75, 3.05) is 0 Å². The Labute approximate surface area is 111 Å². The third kappa shape index (κ3) is 3.43. The minimum Gasteiger partial charge on any atom is -0.309 e. The Morgan fingerprint density at radius 3 is 2.24 bits per heavy atom. The van der Waals surface area contributed by atoms with Crippen LogP contribution in [-0.4, -0.2) is 4.98 Å². The maximum atomic E-state index is 6.08. The first-order valence-corrected chi connectivity index (χ1v) is 6.05. The van der Waals surface area contributed by atoms with Crippen molar-refractivity contribution < 1.29 is 0 Å². The number of hydrogen-bond donors (Lipinski definition) is 1. The van der Waals surface area contributed by atoms with Gasteiger partial charge in [0.25, 0.3) is 0 Å². The number of benzene rings is 1. The monoisotopic (exact) mass is 266 g/mol. The molecule has 1 heterocycles. The lowest BCUT2D eigenvalue weighted by Gasteiger charge is -2.08. The fourth-order valence-corrected chi connectivity index (χ4v) is 2.06. The molecule has 0 aliphatic heterocycles. The second-order valence-electron chi connectivity index (χ2n) is 3.66. The van der Waals surface area contributed by atoms with Gasteiger partial charge in [-0.05, 0) is 29.8 Å². The van der Waals surface area contributed by atoms with Crippen LogP contribution in [0.3, 0.4) is 0 Å². The molecular formula is C13H12Cl2N2. The molecule has 1 N–H and O–H groups in total. The predicted molar refractivity (Wildman–Crippen MR) is 71.2 cm³/mol. The van der Waals surface area contributed by atoms with Crippen LogP contribution in [-0.2, 0) is 13.1 Å². The number of pyridine rings is 1. The molecule has 0 spiro atoms. The lowest BCUT2D eigenvalue weighted by molar-refractivity contribution is 0.693. The molecule has 0 radical (unpaired) electrons. The lowest BCUT2D eigenvalue weighted by Crippen LogP contribution is -2.13. The molecule has 2 nitrogen and oxygen atoms in total. The largest absolute Gasteiger partial charge is 0.309 e. The molecule has 0 bridgehead atoms. The summed E-state index contributed by atoms with van der Waals surface area (Å²) in [6.45, 7) is 1.42. The quantitative estimate of drug-likeness (QED) is 0.914. The first-order valence-electron chi connectivity index (χ1n) is 5.30. The number of halogens is 2. The van der Waals surface area contributed by atoms with Gasteiger partial charge in [-0.3, -0.25) is 4.98 Å². The Morgan fingerprint density at radius 2 is 1.59 bits per heavy atom. The molecule has 0 saturated carbocycles. The van der Waals surface area contributed by atoms with E-state index in [1.807, 2.05) is 30.3 Å². The van der Waals surface area contributed by atoms with E-state index in [0.717, 1.165) is 12.1 Å². The van der Waals surface area contributed by atoms with Gasteiger partial charge in [-0.25, -0.2) is 0 Å². The molecule has 2 aromatic rings. The average molecular weight is 267 g/mol. The molecular weight excluding hydrogens is 255 g/mol. The topological polar surface area (TPSA) is 24.9 Å². The van der Waals surface area contributed by atoms with E-state index in [-0.39, 0.29) is 0 Å². The highest BCUT2D eigenvalue weighted by Crippen LogP contribution is 2.23. The van der Waals surface area contributed by atoms with Crippen LogP contribution in [0.2, 0.25) is 10.0 Å². The van der Waals surface area contributed by atoms with E-state index in [2.05, 4.69) is 10.3 Å². The van der Waals surface area contributed by atoms with E-state index in [1.54, 1.807) is 12.4 Å². The molecule has 88 valence electrons. The van der Waals surface area contributed by atoms with E-state index in [9.17, 15) is 0 Å². The first-order chi connectivity index (χ1) is 8.27. The second-order valence-corrected chi connectivity index (χ2v) is 4.47. The van der Waals surface area contributed by atoms with Gasteiger partial charge in [0.05, 0.1) is 0 Å². The molecule has 0 aliphatic carbocycles. The summed E-state index contributed by atoms with van der Waals surface area (Å²) in [4.78, 5) is 3.97. The van der Waals surface area contributed by atoms with Gasteiger partial charge >= 0.3 is 0 Å². The molecule has 0 atom stereocenters. The van der Waals surface area contributed by atoms with Crippen LogP contribution >= 0.6 is 23.2 Å². The van der Waals surface area contributed by atoms with Crippen molar-refractivity contribution >= 4 is 23.2 Å². The van der Waals surface area contributed by atoms with E-state index in [4.69, 9.17) is 23.2 Å². The molecule has 2 rings (SSSR count). The number of rotatable bonds is 4. The molecule has 1 aromatic heterocycles. The fourth-order valence-electron chi connectivity index (χ4n) is 1.53. The Balaban J connectivity index is 1.95. The zero-order valence-electron chi connectivity index (χ0n) is 9.16. The zero-order chi connectivity index (χ0) is 12.1. The number of nitrogens with zero attached hydrogens (tertiary/aromatic N) is 1. The average Bonchev–Trinajstić information content (AvgIpc) is 2.34. The minimum absolute atomic E-state index is 0.654. The smallest absolute Gasteiger partial charge is 0.0465 e. The van der Waals surface area contributed by atoms with Crippen LogP contribution in [0.4, 0.5) is 0 Å². The summed E-state index contributed by atoms with van der Waals surface area (Å²) in [5.74, 6) is 0. The molecule has 0 saturated heterocycles. The van der Waals surface area contributed by atoms with Crippen molar-refractivity contribution in [2.45, 2.75) is 13.1 Å². The summed E-state index contributed by atoms with van der Waals surface area (Å²) in [7, 11) is 0. The Morgan fingerprint density at radius 1 is 0.941 bits per heavy atom. The van der Waals surface area contributed by atoms with Gasteiger partial charge in [-0.2, -0.15) is 0 Å². The van der Waals surface area contributed by atoms with Crippen molar-refractivity contribution in [1.82, 2.24) is 10.3 Å². The summed E-state index contributed by atoms with van der Waals surface area (Å²) in [6, 6.07) is 9.48. The Bertz CT molecular complexity index is 466. The van der Waals surface area contributed by atoms with Crippen molar-refractivity contribution in [1.29, 1.82) is 0 Å². The highest BCUT2D eigenvalue weighted by atomic mass is 35.5. The molecule has 0 unspecified atom stereocenters. The van der Waals surface area contributed by atoms with Crippen LogP contribution in [0.5, 0.6) is 0 Å². The van der Waals surface area contributed by atoms with Crippen molar-refractivity contribution in [3.8, 4) is 0 Å². The van der Waals surface area contributed by atoms with Gasteiger partial charge in [0.2, 0.25) is 0 Å². The maximum absolute atomic E-state index is 6.08. The third-order valence-electron chi connectivity index (χ3n) is 2.44. The maximum Gasteiger partial charge on any atom is 0.0465 e. The van der Waals surface area contributed by atoms with Gasteiger partial charge in [0, 0.05) is 41.1 Å². The van der Waals surface area contributed by atoms with Crippen LogP contribution in [0.15, 0.2) is 42.7 Å². The van der Waals surface area contributed by atoms with Crippen molar-refractivity contribution in [3.05, 3.63) is 63.9 Å². The Kier molecular flexibility index (Phi) is 4.37. The van der Waals surface area contributed by atoms with E-state index >= 15 is 0 Å². The van der Waals surface area contributed by atoms with E-state index in [0.29, 0.717) is 16.6 Å². The van der Waals surface area contributed by atoms with Crippen LogP contribution in [0.1, 0.15) is 11.1 Å². The molecule has 4 heteroatoms. The molecule has 17 heavy (non-hydrogen) atoms. The second kappa shape index (κ2) is 6.01. The minimum atomic E-state index is 0.654. The van der Waals surface area contributed by atoms with E-state index in [1.165, 1.54) is 5.56 Å². The van der Waals surface area contributed by atoms with Crippen LogP contribution in [0.25, 0.3) is 0 Å². The molecule has 0 amide bonds. The van der Waals surface area contributed by atoms with Crippen LogP contribution in [0, 0.1) is 0 Å². The highest BCUT2D eigenvalue weighted by Gasteiger charge is 2.04. The SMILES string of the molecule is Clc1cccc(Cl)c1CNCc1ccncc1. The third-order valence-corrected chi connectivity index (χ3v) is 3.15. The van der Waals surface area contributed by atoms with Gasteiger partial charge in [0.1, 0.15) is 0 Å². The summed E-state index contributed by atoms with van der Waals surface area (Å²) < 4.78 is 0. The number of hydrogen-bond acceptors (Lipinski definition) is 2.